The summed E-state index contributed by atoms with van der Waals surface area (Å²) >= 11 is 5.89. The molecule has 12 heavy (non-hydrogen) atoms. The van der Waals surface area contributed by atoms with E-state index in [-0.39, 0.29) is 11.9 Å². The average Bonchev–Trinajstić information content (AvgIpc) is 2.08. The van der Waals surface area contributed by atoms with Crippen molar-refractivity contribution in [1.82, 2.24) is 4.42 Å². The van der Waals surface area contributed by atoms with Crippen LogP contribution in [0.1, 0.15) is 19.8 Å². The lowest BCUT2D eigenvalue weighted by Gasteiger charge is -2.31. The zero-order valence-electron chi connectivity index (χ0n) is 7.42. The van der Waals surface area contributed by atoms with E-state index in [1.807, 2.05) is 0 Å². The minimum Gasteiger partial charge on any atom is -0.469 e. The second-order valence-corrected chi connectivity index (χ2v) is 3.66. The summed E-state index contributed by atoms with van der Waals surface area (Å²) in [4.78, 5) is 11.1. The third kappa shape index (κ3) is 2.11. The van der Waals surface area contributed by atoms with Crippen LogP contribution >= 0.6 is 11.8 Å². The molecule has 1 heterocycles. The largest absolute Gasteiger partial charge is 0.469 e. The van der Waals surface area contributed by atoms with Crippen molar-refractivity contribution in [3.8, 4) is 0 Å². The predicted molar refractivity (Wildman–Crippen MR) is 46.8 cm³/mol. The van der Waals surface area contributed by atoms with Crippen molar-refractivity contribution < 1.29 is 9.53 Å². The number of halogens is 1. The van der Waals surface area contributed by atoms with Crippen LogP contribution in [0.15, 0.2) is 0 Å². The monoisotopic (exact) mass is 191 g/mol. The van der Waals surface area contributed by atoms with E-state index in [9.17, 15) is 4.79 Å². The first kappa shape index (κ1) is 9.81. The number of esters is 1. The minimum atomic E-state index is -0.146. The van der Waals surface area contributed by atoms with Gasteiger partial charge in [0.2, 0.25) is 0 Å². The summed E-state index contributed by atoms with van der Waals surface area (Å²) in [5, 5.41) is 0. The molecule has 0 saturated carbocycles. The SMILES string of the molecule is COC(=O)C1CCC(C)N(Cl)C1. The maximum Gasteiger partial charge on any atom is 0.310 e. The van der Waals surface area contributed by atoms with Crippen LogP contribution in [-0.4, -0.2) is 30.1 Å². The van der Waals surface area contributed by atoms with Gasteiger partial charge in [0.25, 0.3) is 0 Å². The van der Waals surface area contributed by atoms with Gasteiger partial charge in [0.15, 0.2) is 0 Å². The smallest absolute Gasteiger partial charge is 0.310 e. The highest BCUT2D eigenvalue weighted by Gasteiger charge is 2.29. The summed E-state index contributed by atoms with van der Waals surface area (Å²) in [5.74, 6) is -0.184. The van der Waals surface area contributed by atoms with E-state index in [0.717, 1.165) is 12.8 Å². The van der Waals surface area contributed by atoms with E-state index in [1.54, 1.807) is 4.42 Å². The van der Waals surface area contributed by atoms with Gasteiger partial charge < -0.3 is 4.74 Å². The van der Waals surface area contributed by atoms with Gasteiger partial charge in [-0.05, 0) is 31.5 Å². The summed E-state index contributed by atoms with van der Waals surface area (Å²) < 4.78 is 6.33. The topological polar surface area (TPSA) is 29.5 Å². The van der Waals surface area contributed by atoms with Gasteiger partial charge in [-0.2, -0.15) is 0 Å². The third-order valence-electron chi connectivity index (χ3n) is 2.34. The number of methoxy groups -OCH3 is 1. The molecule has 3 nitrogen and oxygen atoms in total. The molecule has 0 aromatic rings. The maximum atomic E-state index is 11.1. The fourth-order valence-corrected chi connectivity index (χ4v) is 1.69. The van der Waals surface area contributed by atoms with Crippen LogP contribution in [0.4, 0.5) is 0 Å². The number of nitrogens with zero attached hydrogens (tertiary/aromatic N) is 1. The summed E-state index contributed by atoms with van der Waals surface area (Å²) in [5.41, 5.74) is 0. The lowest BCUT2D eigenvalue weighted by Crippen LogP contribution is -2.38. The van der Waals surface area contributed by atoms with E-state index >= 15 is 0 Å². The lowest BCUT2D eigenvalue weighted by molar-refractivity contribution is -0.147. The molecule has 0 amide bonds. The lowest BCUT2D eigenvalue weighted by atomic mass is 9.96. The predicted octanol–water partition coefficient (Wildman–Crippen LogP) is 1.41. The standard InChI is InChI=1S/C8H14ClNO2/c1-6-3-4-7(5-10(6)9)8(11)12-2/h6-7H,3-5H2,1-2H3. The third-order valence-corrected chi connectivity index (χ3v) is 2.81. The highest BCUT2D eigenvalue weighted by atomic mass is 35.5. The summed E-state index contributed by atoms with van der Waals surface area (Å²) in [6.07, 6.45) is 1.85. The Hall–Kier alpha value is -0.280. The number of hydrogen-bond acceptors (Lipinski definition) is 3. The van der Waals surface area contributed by atoms with Gasteiger partial charge in [-0.25, -0.2) is 4.42 Å². The Morgan fingerprint density at radius 2 is 2.25 bits per heavy atom. The molecule has 4 heteroatoms. The van der Waals surface area contributed by atoms with E-state index in [0.29, 0.717) is 12.6 Å². The quantitative estimate of drug-likeness (QED) is 0.464. The highest BCUT2D eigenvalue weighted by molar-refractivity contribution is 6.13. The Labute approximate surface area is 77.7 Å². The Bertz CT molecular complexity index is 174. The minimum absolute atomic E-state index is 0.0382. The first-order valence-corrected chi connectivity index (χ1v) is 4.49. The van der Waals surface area contributed by atoms with E-state index < -0.39 is 0 Å². The van der Waals surface area contributed by atoms with Crippen molar-refractivity contribution >= 4 is 17.7 Å². The van der Waals surface area contributed by atoms with E-state index in [4.69, 9.17) is 11.8 Å². The number of carbonyl (C=O) groups excluding carboxylic acids is 1. The van der Waals surface area contributed by atoms with Gasteiger partial charge in [-0.1, -0.05) is 0 Å². The van der Waals surface area contributed by atoms with Crippen LogP contribution in [-0.2, 0) is 9.53 Å². The molecule has 1 fully saturated rings. The molecule has 2 unspecified atom stereocenters. The van der Waals surface area contributed by atoms with Crippen molar-refractivity contribution in [2.75, 3.05) is 13.7 Å². The Morgan fingerprint density at radius 1 is 1.58 bits per heavy atom. The van der Waals surface area contributed by atoms with Crippen LogP contribution in [0, 0.1) is 5.92 Å². The number of carbonyl (C=O) groups is 1. The van der Waals surface area contributed by atoms with Crippen LogP contribution in [0.3, 0.4) is 0 Å². The van der Waals surface area contributed by atoms with Gasteiger partial charge in [-0.3, -0.25) is 4.79 Å². The normalized spacial score (nSPS) is 31.6. The molecule has 70 valence electrons. The molecular formula is C8H14ClNO2. The van der Waals surface area contributed by atoms with Crippen molar-refractivity contribution in [2.45, 2.75) is 25.8 Å². The number of ether oxygens (including phenoxy) is 1. The van der Waals surface area contributed by atoms with E-state index in [1.165, 1.54) is 7.11 Å². The molecule has 0 bridgehead atoms. The Kier molecular flexibility index (Phi) is 3.35. The average molecular weight is 192 g/mol. The van der Waals surface area contributed by atoms with Gasteiger partial charge in [0.1, 0.15) is 0 Å². The molecule has 1 aliphatic heterocycles. The van der Waals surface area contributed by atoms with Gasteiger partial charge in [0.05, 0.1) is 13.0 Å². The number of hydrogen-bond donors (Lipinski definition) is 0. The molecule has 0 N–H and O–H groups in total. The second-order valence-electron chi connectivity index (χ2n) is 3.23. The molecule has 0 aromatic heterocycles. The molecule has 0 aliphatic carbocycles. The van der Waals surface area contributed by atoms with Crippen LogP contribution in [0.25, 0.3) is 0 Å². The second kappa shape index (κ2) is 4.10. The zero-order valence-corrected chi connectivity index (χ0v) is 8.17. The number of piperidine rings is 1. The van der Waals surface area contributed by atoms with Crippen molar-refractivity contribution in [1.29, 1.82) is 0 Å². The van der Waals surface area contributed by atoms with Gasteiger partial charge in [0, 0.05) is 12.6 Å². The van der Waals surface area contributed by atoms with E-state index in [2.05, 4.69) is 11.7 Å². The summed E-state index contributed by atoms with van der Waals surface area (Å²) in [6, 6.07) is 0.368. The molecule has 2 atom stereocenters. The van der Waals surface area contributed by atoms with Crippen molar-refractivity contribution in [3.63, 3.8) is 0 Å². The van der Waals surface area contributed by atoms with Crippen LogP contribution < -0.4 is 0 Å². The first-order chi connectivity index (χ1) is 5.65. The Balaban J connectivity index is 2.45. The fraction of sp³-hybridized carbons (Fsp3) is 0.875. The van der Waals surface area contributed by atoms with Gasteiger partial charge >= 0.3 is 5.97 Å². The summed E-state index contributed by atoms with van der Waals surface area (Å²) in [7, 11) is 1.42. The molecule has 0 radical (unpaired) electrons. The molecular weight excluding hydrogens is 178 g/mol. The summed E-state index contributed by atoms with van der Waals surface area (Å²) in [6.45, 7) is 2.66. The van der Waals surface area contributed by atoms with Crippen LogP contribution in [0.2, 0.25) is 0 Å². The highest BCUT2D eigenvalue weighted by Crippen LogP contribution is 2.23. The maximum absolute atomic E-state index is 11.1. The molecule has 1 rings (SSSR count). The van der Waals surface area contributed by atoms with Crippen molar-refractivity contribution in [3.05, 3.63) is 0 Å². The molecule has 0 aromatic carbocycles. The zero-order chi connectivity index (χ0) is 9.14. The molecule has 1 aliphatic rings. The fourth-order valence-electron chi connectivity index (χ4n) is 1.42. The van der Waals surface area contributed by atoms with Crippen molar-refractivity contribution in [2.24, 2.45) is 5.92 Å². The van der Waals surface area contributed by atoms with Crippen LogP contribution in [0.5, 0.6) is 0 Å². The molecule has 1 saturated heterocycles. The molecule has 0 spiro atoms. The Morgan fingerprint density at radius 3 is 2.75 bits per heavy atom. The van der Waals surface area contributed by atoms with Gasteiger partial charge in [-0.15, -0.1) is 0 Å². The first-order valence-electron chi connectivity index (χ1n) is 4.15. The number of rotatable bonds is 1.